The maximum atomic E-state index is 12.5. The lowest BCUT2D eigenvalue weighted by atomic mass is 10.1. The Morgan fingerprint density at radius 3 is 2.63 bits per heavy atom. The van der Waals surface area contributed by atoms with Gasteiger partial charge in [0.15, 0.2) is 0 Å². The van der Waals surface area contributed by atoms with Gasteiger partial charge in [-0.25, -0.2) is 0 Å². The average molecular weight is 370 g/mol. The Bertz CT molecular complexity index is 772. The van der Waals surface area contributed by atoms with E-state index < -0.39 is 0 Å². The van der Waals surface area contributed by atoms with Crippen LogP contribution in [0.2, 0.25) is 0 Å². The lowest BCUT2D eigenvalue weighted by Gasteiger charge is -2.25. The summed E-state index contributed by atoms with van der Waals surface area (Å²) in [5.41, 5.74) is 4.54. The molecule has 0 aliphatic carbocycles. The number of anilines is 1. The Morgan fingerprint density at radius 1 is 1.26 bits per heavy atom. The fourth-order valence-electron chi connectivity index (χ4n) is 3.85. The minimum absolute atomic E-state index is 0.214. The zero-order valence-corrected chi connectivity index (χ0v) is 16.8. The summed E-state index contributed by atoms with van der Waals surface area (Å²) < 4.78 is 7.25. The van der Waals surface area contributed by atoms with Crippen molar-refractivity contribution in [3.8, 4) is 0 Å². The molecular formula is C21H30N4O2. The molecule has 1 amide bonds. The van der Waals surface area contributed by atoms with E-state index in [1.165, 1.54) is 11.3 Å². The van der Waals surface area contributed by atoms with Gasteiger partial charge < -0.3 is 9.64 Å². The number of methoxy groups -OCH3 is 1. The summed E-state index contributed by atoms with van der Waals surface area (Å²) in [6.07, 6.45) is 0.601. The highest BCUT2D eigenvalue weighted by Crippen LogP contribution is 2.26. The molecule has 27 heavy (non-hydrogen) atoms. The number of para-hydroxylation sites is 1. The lowest BCUT2D eigenvalue weighted by Crippen LogP contribution is -2.33. The third-order valence-corrected chi connectivity index (χ3v) is 5.44. The Kier molecular flexibility index (Phi) is 6.29. The van der Waals surface area contributed by atoms with E-state index in [0.29, 0.717) is 18.9 Å². The first-order chi connectivity index (χ1) is 13.0. The van der Waals surface area contributed by atoms with E-state index in [-0.39, 0.29) is 5.91 Å². The van der Waals surface area contributed by atoms with Gasteiger partial charge in [-0.3, -0.25) is 14.4 Å². The van der Waals surface area contributed by atoms with Crippen molar-refractivity contribution in [2.75, 3.05) is 38.3 Å². The monoisotopic (exact) mass is 370 g/mol. The fourth-order valence-corrected chi connectivity index (χ4v) is 3.85. The number of ether oxygens (including phenoxy) is 1. The normalized spacial score (nSPS) is 17.3. The van der Waals surface area contributed by atoms with Crippen LogP contribution in [-0.4, -0.2) is 53.9 Å². The van der Waals surface area contributed by atoms with Crippen molar-refractivity contribution in [1.29, 1.82) is 0 Å². The quantitative estimate of drug-likeness (QED) is 0.717. The second-order valence-corrected chi connectivity index (χ2v) is 7.41. The molecule has 3 rings (SSSR count). The highest BCUT2D eigenvalue weighted by Gasteiger charge is 2.31. The maximum absolute atomic E-state index is 12.5. The van der Waals surface area contributed by atoms with Gasteiger partial charge in [0.1, 0.15) is 0 Å². The van der Waals surface area contributed by atoms with Crippen LogP contribution in [0, 0.1) is 19.8 Å². The molecular weight excluding hydrogens is 340 g/mol. The van der Waals surface area contributed by atoms with Crippen molar-refractivity contribution in [2.24, 2.45) is 13.0 Å². The highest BCUT2D eigenvalue weighted by molar-refractivity contribution is 5.95. The molecule has 1 aliphatic rings. The van der Waals surface area contributed by atoms with Gasteiger partial charge in [-0.2, -0.15) is 5.10 Å². The van der Waals surface area contributed by atoms with Gasteiger partial charge in [-0.15, -0.1) is 0 Å². The standard InChI is InChI=1S/C21H30N4O2/c1-16-20(17(2)23(3)22-16)15-24(10-11-27-4)13-18-12-21(26)25(14-18)19-8-6-5-7-9-19/h5-9,18H,10-15H2,1-4H3. The molecule has 6 nitrogen and oxygen atoms in total. The summed E-state index contributed by atoms with van der Waals surface area (Å²) in [5.74, 6) is 0.540. The first-order valence-electron chi connectivity index (χ1n) is 9.55. The first-order valence-corrected chi connectivity index (χ1v) is 9.55. The number of aryl methyl sites for hydroxylation is 2. The van der Waals surface area contributed by atoms with Crippen LogP contribution in [0.4, 0.5) is 5.69 Å². The molecule has 146 valence electrons. The van der Waals surface area contributed by atoms with E-state index in [9.17, 15) is 4.79 Å². The number of carbonyl (C=O) groups is 1. The minimum Gasteiger partial charge on any atom is -0.383 e. The number of nitrogens with zero attached hydrogens (tertiary/aromatic N) is 4. The van der Waals surface area contributed by atoms with Crippen LogP contribution < -0.4 is 4.90 Å². The zero-order chi connectivity index (χ0) is 19.4. The van der Waals surface area contributed by atoms with E-state index in [2.05, 4.69) is 23.8 Å². The number of hydrogen-bond donors (Lipinski definition) is 0. The molecule has 1 aliphatic heterocycles. The van der Waals surface area contributed by atoms with E-state index in [1.54, 1.807) is 7.11 Å². The predicted octanol–water partition coefficient (Wildman–Crippen LogP) is 2.54. The topological polar surface area (TPSA) is 50.6 Å². The van der Waals surface area contributed by atoms with Crippen LogP contribution in [0.3, 0.4) is 0 Å². The summed E-state index contributed by atoms with van der Waals surface area (Å²) in [4.78, 5) is 16.8. The Balaban J connectivity index is 1.68. The van der Waals surface area contributed by atoms with Gasteiger partial charge >= 0.3 is 0 Å². The summed E-state index contributed by atoms with van der Waals surface area (Å²) >= 11 is 0. The SMILES string of the molecule is COCCN(Cc1c(C)nn(C)c1C)CC1CC(=O)N(c2ccccc2)C1. The lowest BCUT2D eigenvalue weighted by molar-refractivity contribution is -0.117. The Hall–Kier alpha value is -2.18. The van der Waals surface area contributed by atoms with E-state index in [4.69, 9.17) is 4.74 Å². The van der Waals surface area contributed by atoms with Crippen molar-refractivity contribution in [2.45, 2.75) is 26.8 Å². The maximum Gasteiger partial charge on any atom is 0.227 e. The molecule has 0 spiro atoms. The number of hydrogen-bond acceptors (Lipinski definition) is 4. The molecule has 1 saturated heterocycles. The molecule has 1 fully saturated rings. The first kappa shape index (κ1) is 19.6. The number of carbonyl (C=O) groups excluding carboxylic acids is 1. The van der Waals surface area contributed by atoms with Crippen LogP contribution in [-0.2, 0) is 23.1 Å². The van der Waals surface area contributed by atoms with Crippen molar-refractivity contribution in [3.05, 3.63) is 47.3 Å². The Labute approximate surface area is 161 Å². The molecule has 0 N–H and O–H groups in total. The van der Waals surface area contributed by atoms with Gasteiger partial charge in [-0.1, -0.05) is 18.2 Å². The smallest absolute Gasteiger partial charge is 0.227 e. The van der Waals surface area contributed by atoms with Gasteiger partial charge in [0.25, 0.3) is 0 Å². The molecule has 1 aromatic heterocycles. The van der Waals surface area contributed by atoms with Crippen molar-refractivity contribution < 1.29 is 9.53 Å². The van der Waals surface area contributed by atoms with Crippen LogP contribution in [0.25, 0.3) is 0 Å². The van der Waals surface area contributed by atoms with Crippen LogP contribution in [0.5, 0.6) is 0 Å². The van der Waals surface area contributed by atoms with Crippen molar-refractivity contribution >= 4 is 11.6 Å². The fraction of sp³-hybridized carbons (Fsp3) is 0.524. The number of rotatable bonds is 8. The van der Waals surface area contributed by atoms with E-state index in [0.717, 1.165) is 37.6 Å². The molecule has 2 heterocycles. The average Bonchev–Trinajstić information content (AvgIpc) is 3.14. The van der Waals surface area contributed by atoms with Crippen LogP contribution in [0.15, 0.2) is 30.3 Å². The largest absolute Gasteiger partial charge is 0.383 e. The molecule has 2 aromatic rings. The van der Waals surface area contributed by atoms with Gasteiger partial charge in [-0.05, 0) is 31.9 Å². The molecule has 0 radical (unpaired) electrons. The molecule has 1 atom stereocenters. The summed E-state index contributed by atoms with van der Waals surface area (Å²) in [7, 11) is 3.72. The second-order valence-electron chi connectivity index (χ2n) is 7.41. The molecule has 0 bridgehead atoms. The van der Waals surface area contributed by atoms with Crippen molar-refractivity contribution in [1.82, 2.24) is 14.7 Å². The summed E-state index contributed by atoms with van der Waals surface area (Å²) in [6.45, 7) is 8.20. The number of amides is 1. The highest BCUT2D eigenvalue weighted by atomic mass is 16.5. The second kappa shape index (κ2) is 8.67. The summed E-state index contributed by atoms with van der Waals surface area (Å²) in [6, 6.07) is 9.95. The van der Waals surface area contributed by atoms with Crippen LogP contribution in [0.1, 0.15) is 23.4 Å². The molecule has 1 unspecified atom stereocenters. The summed E-state index contributed by atoms with van der Waals surface area (Å²) in [5, 5.41) is 4.54. The van der Waals surface area contributed by atoms with Crippen molar-refractivity contribution in [3.63, 3.8) is 0 Å². The molecule has 1 aromatic carbocycles. The third-order valence-electron chi connectivity index (χ3n) is 5.44. The van der Waals surface area contributed by atoms with Gasteiger partial charge in [0, 0.05) is 63.7 Å². The van der Waals surface area contributed by atoms with Gasteiger partial charge in [0.2, 0.25) is 5.91 Å². The zero-order valence-electron chi connectivity index (χ0n) is 16.8. The van der Waals surface area contributed by atoms with E-state index >= 15 is 0 Å². The van der Waals surface area contributed by atoms with E-state index in [1.807, 2.05) is 47.0 Å². The molecule has 6 heteroatoms. The molecule has 0 saturated carbocycles. The Morgan fingerprint density at radius 2 is 2.00 bits per heavy atom. The number of benzene rings is 1. The predicted molar refractivity (Wildman–Crippen MR) is 107 cm³/mol. The van der Waals surface area contributed by atoms with Gasteiger partial charge in [0.05, 0.1) is 12.3 Å². The number of aromatic nitrogens is 2. The van der Waals surface area contributed by atoms with Crippen LogP contribution >= 0.6 is 0 Å². The third kappa shape index (κ3) is 4.57. The minimum atomic E-state index is 0.214.